The Morgan fingerprint density at radius 2 is 2.00 bits per heavy atom. The van der Waals surface area contributed by atoms with Gasteiger partial charge in [-0.05, 0) is 58.4 Å². The van der Waals surface area contributed by atoms with Crippen LogP contribution in [0.15, 0.2) is 12.2 Å². The molecule has 0 aromatic rings. The largest absolute Gasteiger partial charge is 0.379 e. The first-order chi connectivity index (χ1) is 14.4. The minimum atomic E-state index is -0.563. The highest BCUT2D eigenvalue weighted by Crippen LogP contribution is 2.61. The molecule has 6 heteroatoms. The number of hydrogen-bond donors (Lipinski definition) is 1. The number of methoxy groups -OCH3 is 1. The summed E-state index contributed by atoms with van der Waals surface area (Å²) in [4.78, 5) is 41.5. The zero-order chi connectivity index (χ0) is 21.5. The molecule has 1 spiro atoms. The molecule has 2 aliphatic heterocycles. The van der Waals surface area contributed by atoms with Gasteiger partial charge in [0.2, 0.25) is 5.91 Å². The Hall–Kier alpha value is -1.53. The molecule has 1 N–H and O–H groups in total. The fourth-order valence-corrected chi connectivity index (χ4v) is 6.08. The topological polar surface area (TPSA) is 75.7 Å². The van der Waals surface area contributed by atoms with Gasteiger partial charge in [0, 0.05) is 30.9 Å². The van der Waals surface area contributed by atoms with Crippen molar-refractivity contribution in [3.8, 4) is 0 Å². The Balaban J connectivity index is 1.66. The molecule has 0 radical (unpaired) electrons. The number of Topliss-reactive ketones (excluding diaryl/α,β-unsaturated/α-hetero) is 2. The van der Waals surface area contributed by atoms with Gasteiger partial charge in [-0.25, -0.2) is 0 Å². The molecule has 0 bridgehead atoms. The number of ether oxygens (including phenoxy) is 1. The van der Waals surface area contributed by atoms with Crippen molar-refractivity contribution in [2.45, 2.75) is 82.9 Å². The lowest BCUT2D eigenvalue weighted by atomic mass is 9.84. The van der Waals surface area contributed by atoms with E-state index in [9.17, 15) is 14.4 Å². The van der Waals surface area contributed by atoms with E-state index in [1.165, 1.54) is 0 Å². The number of likely N-dealkylation sites (N-methyl/N-ethyl adjacent to an activating group) is 1. The zero-order valence-electron chi connectivity index (χ0n) is 18.6. The second kappa shape index (κ2) is 8.19. The predicted octanol–water partition coefficient (Wildman–Crippen LogP) is 2.66. The number of hydrogen-bond acceptors (Lipinski definition) is 5. The van der Waals surface area contributed by atoms with E-state index in [4.69, 9.17) is 4.74 Å². The average Bonchev–Trinajstić information content (AvgIpc) is 3.60. The quantitative estimate of drug-likeness (QED) is 0.716. The highest BCUT2D eigenvalue weighted by molar-refractivity contribution is 5.98. The van der Waals surface area contributed by atoms with Gasteiger partial charge >= 0.3 is 0 Å². The van der Waals surface area contributed by atoms with E-state index in [1.807, 2.05) is 7.05 Å². The van der Waals surface area contributed by atoms with Crippen molar-refractivity contribution in [1.29, 1.82) is 0 Å². The summed E-state index contributed by atoms with van der Waals surface area (Å²) in [5, 5.41) is 3.19. The van der Waals surface area contributed by atoms with Gasteiger partial charge < -0.3 is 15.0 Å². The van der Waals surface area contributed by atoms with Crippen LogP contribution in [0.1, 0.15) is 64.7 Å². The number of carbonyl (C=O) groups excluding carboxylic acids is 3. The average molecular weight is 417 g/mol. The number of rotatable bonds is 3. The number of nitrogens with one attached hydrogen (secondary N) is 1. The number of nitrogens with zero attached hydrogens (tertiary/aromatic N) is 1. The molecule has 0 unspecified atom stereocenters. The minimum Gasteiger partial charge on any atom is -0.379 e. The van der Waals surface area contributed by atoms with Gasteiger partial charge in [0.25, 0.3) is 0 Å². The highest BCUT2D eigenvalue weighted by Gasteiger charge is 2.67. The van der Waals surface area contributed by atoms with E-state index in [0.717, 1.165) is 51.4 Å². The molecule has 0 aromatic carbocycles. The summed E-state index contributed by atoms with van der Waals surface area (Å²) in [6.07, 6.45) is 12.0. The lowest BCUT2D eigenvalue weighted by molar-refractivity contribution is -0.141. The Bertz CT molecular complexity index is 743. The molecule has 4 aliphatic rings. The van der Waals surface area contributed by atoms with Gasteiger partial charge in [-0.3, -0.25) is 14.4 Å². The number of ketones is 2. The van der Waals surface area contributed by atoms with Crippen LogP contribution in [-0.4, -0.2) is 61.3 Å². The van der Waals surface area contributed by atoms with Crippen LogP contribution in [0.4, 0.5) is 0 Å². The molecule has 0 aromatic heterocycles. The summed E-state index contributed by atoms with van der Waals surface area (Å²) in [6.45, 7) is 2.09. The fourth-order valence-electron chi connectivity index (χ4n) is 6.08. The van der Waals surface area contributed by atoms with Crippen molar-refractivity contribution < 1.29 is 19.1 Å². The van der Waals surface area contributed by atoms with Crippen LogP contribution in [0, 0.1) is 16.7 Å². The number of allylic oxidation sites excluding steroid dienone is 2. The third-order valence-electron chi connectivity index (χ3n) is 8.26. The smallest absolute Gasteiger partial charge is 0.240 e. The molecule has 2 heterocycles. The molecule has 3 fully saturated rings. The lowest BCUT2D eigenvalue weighted by Gasteiger charge is -2.31. The lowest BCUT2D eigenvalue weighted by Crippen LogP contribution is -2.51. The first-order valence-corrected chi connectivity index (χ1v) is 11.6. The molecule has 4 rings (SSSR count). The number of carbonyl (C=O) groups is 3. The van der Waals surface area contributed by atoms with Gasteiger partial charge in [0.05, 0.1) is 18.2 Å². The summed E-state index contributed by atoms with van der Waals surface area (Å²) in [5.74, 6) is 0.329. The number of amides is 1. The minimum absolute atomic E-state index is 0.0129. The Morgan fingerprint density at radius 3 is 2.63 bits per heavy atom. The van der Waals surface area contributed by atoms with Crippen LogP contribution >= 0.6 is 0 Å². The molecule has 2 aliphatic carbocycles. The first kappa shape index (κ1) is 21.7. The van der Waals surface area contributed by atoms with Crippen LogP contribution in [0.3, 0.4) is 0 Å². The van der Waals surface area contributed by atoms with Gasteiger partial charge in [0.15, 0.2) is 5.78 Å². The van der Waals surface area contributed by atoms with Crippen LogP contribution in [-0.2, 0) is 19.1 Å². The zero-order valence-corrected chi connectivity index (χ0v) is 18.6. The van der Waals surface area contributed by atoms with E-state index in [-0.39, 0.29) is 47.4 Å². The van der Waals surface area contributed by atoms with Gasteiger partial charge in [0.1, 0.15) is 5.78 Å². The van der Waals surface area contributed by atoms with E-state index < -0.39 is 11.5 Å². The van der Waals surface area contributed by atoms with Crippen LogP contribution in [0.25, 0.3) is 0 Å². The second-order valence-corrected chi connectivity index (χ2v) is 9.92. The summed E-state index contributed by atoms with van der Waals surface area (Å²) in [5.41, 5.74) is -0.821. The van der Waals surface area contributed by atoms with Crippen molar-refractivity contribution in [2.75, 3.05) is 20.7 Å². The summed E-state index contributed by atoms with van der Waals surface area (Å²) < 4.78 is 5.76. The van der Waals surface area contributed by atoms with Crippen LogP contribution < -0.4 is 5.32 Å². The molecule has 1 saturated heterocycles. The fraction of sp³-hybridized carbons (Fsp3) is 0.792. The van der Waals surface area contributed by atoms with Crippen LogP contribution in [0.2, 0.25) is 0 Å². The van der Waals surface area contributed by atoms with Gasteiger partial charge in [-0.1, -0.05) is 25.0 Å². The molecule has 6 nitrogen and oxygen atoms in total. The molecule has 1 amide bonds. The first-order valence-electron chi connectivity index (χ1n) is 11.6. The predicted molar refractivity (Wildman–Crippen MR) is 114 cm³/mol. The van der Waals surface area contributed by atoms with E-state index in [2.05, 4.69) is 17.5 Å². The van der Waals surface area contributed by atoms with Crippen molar-refractivity contribution in [2.24, 2.45) is 16.7 Å². The summed E-state index contributed by atoms with van der Waals surface area (Å²) >= 11 is 0. The maximum Gasteiger partial charge on any atom is 0.240 e. The summed E-state index contributed by atoms with van der Waals surface area (Å²) in [7, 11) is 3.51. The molecule has 2 saturated carbocycles. The maximum atomic E-state index is 13.7. The van der Waals surface area contributed by atoms with Gasteiger partial charge in [-0.15, -0.1) is 0 Å². The molecular weight excluding hydrogens is 380 g/mol. The molecule has 166 valence electrons. The molecule has 30 heavy (non-hydrogen) atoms. The Kier molecular flexibility index (Phi) is 5.92. The molecular formula is C24H36N2O4. The third kappa shape index (κ3) is 3.56. The van der Waals surface area contributed by atoms with Crippen molar-refractivity contribution in [3.05, 3.63) is 12.2 Å². The summed E-state index contributed by atoms with van der Waals surface area (Å²) in [6, 6.07) is -0.736. The maximum absolute atomic E-state index is 13.7. The highest BCUT2D eigenvalue weighted by atomic mass is 16.5. The van der Waals surface area contributed by atoms with E-state index in [1.54, 1.807) is 18.9 Å². The number of fused-ring (bicyclic) bond motifs is 3. The van der Waals surface area contributed by atoms with Crippen LogP contribution in [0.5, 0.6) is 0 Å². The molecule has 5 atom stereocenters. The van der Waals surface area contributed by atoms with E-state index >= 15 is 0 Å². The van der Waals surface area contributed by atoms with Crippen molar-refractivity contribution in [3.63, 3.8) is 0 Å². The van der Waals surface area contributed by atoms with Gasteiger partial charge in [-0.2, -0.15) is 0 Å². The van der Waals surface area contributed by atoms with E-state index in [0.29, 0.717) is 6.54 Å². The normalized spacial score (nSPS) is 39.6. The Morgan fingerprint density at radius 1 is 1.23 bits per heavy atom. The Labute approximate surface area is 179 Å². The third-order valence-corrected chi connectivity index (χ3v) is 8.26. The SMILES string of the molecule is CN[C@H]1CCCCC/C=C\[C@@H]2C[C@@]2(C(C)=O)CC(=O)[C@H]2N(C[C@H](OC)C23CC3)C1=O. The van der Waals surface area contributed by atoms with Crippen molar-refractivity contribution >= 4 is 17.5 Å². The monoisotopic (exact) mass is 416 g/mol. The standard InChI is InChI=1S/C24H36N2O4/c1-16(27)24-13-17(24)9-7-5-4-6-8-10-18(25-2)22(29)26-15-20(30-3)23(11-12-23)21(26)19(28)14-24/h7,9,17-18,20-21,25H,4-6,8,10-15H2,1-3H3/b9-7-/t17-,18+,20+,21-,24+/m1/s1. The van der Waals surface area contributed by atoms with Crippen molar-refractivity contribution in [1.82, 2.24) is 10.2 Å². The second-order valence-electron chi connectivity index (χ2n) is 9.92.